The van der Waals surface area contributed by atoms with E-state index in [1.165, 1.54) is 0 Å². The molecular formula is C20H25N5O2. The maximum Gasteiger partial charge on any atom is 0.243 e. The van der Waals surface area contributed by atoms with Crippen molar-refractivity contribution in [1.82, 2.24) is 25.3 Å². The zero-order chi connectivity index (χ0) is 19.2. The van der Waals surface area contributed by atoms with Crippen molar-refractivity contribution in [2.75, 3.05) is 6.54 Å². The van der Waals surface area contributed by atoms with Crippen LogP contribution in [0.15, 0.2) is 42.6 Å². The van der Waals surface area contributed by atoms with Crippen molar-refractivity contribution in [3.63, 3.8) is 0 Å². The normalized spacial score (nSPS) is 12.4. The van der Waals surface area contributed by atoms with E-state index in [9.17, 15) is 4.79 Å². The quantitative estimate of drug-likeness (QED) is 0.420. The van der Waals surface area contributed by atoms with Gasteiger partial charge >= 0.3 is 0 Å². The van der Waals surface area contributed by atoms with Crippen LogP contribution in [0.1, 0.15) is 42.9 Å². The average molecular weight is 367 g/mol. The van der Waals surface area contributed by atoms with Crippen LogP contribution in [0.2, 0.25) is 0 Å². The molecule has 1 amide bonds. The molecule has 2 aromatic heterocycles. The lowest BCUT2D eigenvalue weighted by molar-refractivity contribution is -0.129. The molecule has 0 fully saturated rings. The molecule has 0 saturated carbocycles. The topological polar surface area (TPSA) is 94.1 Å². The summed E-state index contributed by atoms with van der Waals surface area (Å²) in [5, 5.41) is 8.70. The van der Waals surface area contributed by atoms with E-state index in [2.05, 4.69) is 32.8 Å². The Kier molecular flexibility index (Phi) is 6.16. The largest absolute Gasteiger partial charge is 0.341 e. The molecule has 1 atom stereocenters. The molecule has 0 saturated heterocycles. The lowest BCUT2D eigenvalue weighted by atomic mass is 10.1. The van der Waals surface area contributed by atoms with Gasteiger partial charge in [-0.3, -0.25) is 19.9 Å². The number of hydroxylamine groups is 1. The molecule has 3 rings (SSSR count). The second-order valence-corrected chi connectivity index (χ2v) is 6.74. The van der Waals surface area contributed by atoms with Gasteiger partial charge in [-0.2, -0.15) is 0 Å². The maximum absolute atomic E-state index is 11.3. The molecule has 0 radical (unpaired) electrons. The van der Waals surface area contributed by atoms with Gasteiger partial charge in [0.25, 0.3) is 0 Å². The third-order valence-corrected chi connectivity index (χ3v) is 4.68. The molecule has 0 aliphatic rings. The maximum atomic E-state index is 11.3. The predicted octanol–water partition coefficient (Wildman–Crippen LogP) is 3.12. The van der Waals surface area contributed by atoms with E-state index in [-0.39, 0.29) is 18.4 Å². The molecule has 3 aromatic rings. The molecular weight excluding hydrogens is 342 g/mol. The van der Waals surface area contributed by atoms with Crippen molar-refractivity contribution in [3.8, 4) is 0 Å². The van der Waals surface area contributed by atoms with Crippen molar-refractivity contribution in [3.05, 3.63) is 59.7 Å². The molecule has 0 unspecified atom stereocenters. The minimum Gasteiger partial charge on any atom is -0.341 e. The van der Waals surface area contributed by atoms with Crippen molar-refractivity contribution < 1.29 is 10.0 Å². The molecule has 0 bridgehead atoms. The summed E-state index contributed by atoms with van der Waals surface area (Å²) in [7, 11) is 0. The van der Waals surface area contributed by atoms with E-state index in [4.69, 9.17) is 5.21 Å². The first-order valence-corrected chi connectivity index (χ1v) is 9.10. The van der Waals surface area contributed by atoms with Crippen LogP contribution in [0, 0.1) is 6.92 Å². The summed E-state index contributed by atoms with van der Waals surface area (Å²) in [6, 6.07) is 12.1. The Morgan fingerprint density at radius 2 is 2.15 bits per heavy atom. The second kappa shape index (κ2) is 8.75. The van der Waals surface area contributed by atoms with Crippen molar-refractivity contribution >= 4 is 16.9 Å². The summed E-state index contributed by atoms with van der Waals surface area (Å²) in [6.45, 7) is 5.46. The summed E-state index contributed by atoms with van der Waals surface area (Å²) in [6.07, 6.45) is 2.71. The molecule has 0 aliphatic heterocycles. The Labute approximate surface area is 158 Å². The van der Waals surface area contributed by atoms with Crippen LogP contribution in [0.3, 0.4) is 0 Å². The molecule has 142 valence electrons. The Morgan fingerprint density at radius 3 is 2.89 bits per heavy atom. The van der Waals surface area contributed by atoms with E-state index < -0.39 is 0 Å². The number of carbonyl (C=O) groups excluding carboxylic acids is 1. The number of aromatic amines is 1. The minimum absolute atomic E-state index is 0.0651. The standard InChI is InChI=1S/C20H25N5O2/c1-14-9-10-21-18(12-14)15(2)25(11-5-8-20(26)24-27)13-19-22-16-6-3-4-7-17(16)23-19/h3-4,6-7,9-10,12,15,27H,5,8,11,13H2,1-2H3,(H,22,23)(H,24,26)/t15-/m0/s1. The number of benzene rings is 1. The van der Waals surface area contributed by atoms with Gasteiger partial charge in [0.05, 0.1) is 23.3 Å². The molecule has 1 aromatic carbocycles. The van der Waals surface area contributed by atoms with E-state index in [0.717, 1.165) is 28.1 Å². The number of hydrogen-bond acceptors (Lipinski definition) is 5. The molecule has 0 spiro atoms. The van der Waals surface area contributed by atoms with Gasteiger partial charge in [0, 0.05) is 18.7 Å². The zero-order valence-electron chi connectivity index (χ0n) is 15.6. The first kappa shape index (κ1) is 19.0. The number of pyridine rings is 1. The number of aromatic nitrogens is 3. The Hall–Kier alpha value is -2.77. The third-order valence-electron chi connectivity index (χ3n) is 4.68. The summed E-state index contributed by atoms with van der Waals surface area (Å²) < 4.78 is 0. The van der Waals surface area contributed by atoms with E-state index in [1.54, 1.807) is 5.48 Å². The van der Waals surface area contributed by atoms with Crippen molar-refractivity contribution in [1.29, 1.82) is 0 Å². The molecule has 7 heteroatoms. The fraction of sp³-hybridized carbons (Fsp3) is 0.350. The number of fused-ring (bicyclic) bond motifs is 1. The van der Waals surface area contributed by atoms with Gasteiger partial charge in [-0.1, -0.05) is 12.1 Å². The molecule has 7 nitrogen and oxygen atoms in total. The number of imidazole rings is 1. The lowest BCUT2D eigenvalue weighted by Crippen LogP contribution is -2.30. The smallest absolute Gasteiger partial charge is 0.243 e. The van der Waals surface area contributed by atoms with Crippen LogP contribution in [-0.2, 0) is 11.3 Å². The van der Waals surface area contributed by atoms with Crippen LogP contribution >= 0.6 is 0 Å². The number of hydrogen-bond donors (Lipinski definition) is 3. The number of nitrogens with one attached hydrogen (secondary N) is 2. The van der Waals surface area contributed by atoms with Crippen LogP contribution in [0.25, 0.3) is 11.0 Å². The first-order chi connectivity index (χ1) is 13.1. The predicted molar refractivity (Wildman–Crippen MR) is 103 cm³/mol. The number of carbonyl (C=O) groups is 1. The van der Waals surface area contributed by atoms with Crippen LogP contribution in [0.5, 0.6) is 0 Å². The van der Waals surface area contributed by atoms with Gasteiger partial charge in [0.2, 0.25) is 5.91 Å². The van der Waals surface area contributed by atoms with Gasteiger partial charge in [0.1, 0.15) is 5.82 Å². The van der Waals surface area contributed by atoms with Gasteiger partial charge in [-0.25, -0.2) is 10.5 Å². The van der Waals surface area contributed by atoms with Crippen molar-refractivity contribution in [2.24, 2.45) is 0 Å². The lowest BCUT2D eigenvalue weighted by Gasteiger charge is -2.28. The summed E-state index contributed by atoms with van der Waals surface area (Å²) in [5.41, 5.74) is 5.78. The number of rotatable bonds is 8. The molecule has 0 aliphatic carbocycles. The number of aryl methyl sites for hydroxylation is 1. The average Bonchev–Trinajstić information content (AvgIpc) is 3.09. The number of nitrogens with zero attached hydrogens (tertiary/aromatic N) is 3. The van der Waals surface area contributed by atoms with Crippen LogP contribution in [0.4, 0.5) is 0 Å². The highest BCUT2D eigenvalue weighted by Gasteiger charge is 2.19. The Bertz CT molecular complexity index is 875. The van der Waals surface area contributed by atoms with Crippen LogP contribution in [-0.4, -0.2) is 37.5 Å². The highest BCUT2D eigenvalue weighted by Crippen LogP contribution is 2.22. The Morgan fingerprint density at radius 1 is 1.33 bits per heavy atom. The molecule has 3 N–H and O–H groups in total. The zero-order valence-corrected chi connectivity index (χ0v) is 15.6. The second-order valence-electron chi connectivity index (χ2n) is 6.74. The van der Waals surface area contributed by atoms with E-state index in [0.29, 0.717) is 19.5 Å². The monoisotopic (exact) mass is 367 g/mol. The number of para-hydroxylation sites is 2. The highest BCUT2D eigenvalue weighted by atomic mass is 16.5. The van der Waals surface area contributed by atoms with Crippen LogP contribution < -0.4 is 5.48 Å². The van der Waals surface area contributed by atoms with E-state index in [1.807, 2.05) is 43.5 Å². The summed E-state index contributed by atoms with van der Waals surface area (Å²) >= 11 is 0. The number of amides is 1. The molecule has 2 heterocycles. The third kappa shape index (κ3) is 4.90. The summed E-state index contributed by atoms with van der Waals surface area (Å²) in [4.78, 5) is 26.1. The highest BCUT2D eigenvalue weighted by molar-refractivity contribution is 5.75. The Balaban J connectivity index is 1.78. The fourth-order valence-electron chi connectivity index (χ4n) is 3.16. The molecule has 27 heavy (non-hydrogen) atoms. The summed E-state index contributed by atoms with van der Waals surface area (Å²) in [5.74, 6) is 0.502. The van der Waals surface area contributed by atoms with Crippen molar-refractivity contribution in [2.45, 2.75) is 39.3 Å². The minimum atomic E-state index is -0.375. The SMILES string of the molecule is Cc1ccnc([C@H](C)N(CCCC(=O)NO)Cc2nc3ccccc3[nH]2)c1. The fourth-order valence-corrected chi connectivity index (χ4v) is 3.16. The van der Waals surface area contributed by atoms with Gasteiger partial charge in [-0.05, 0) is 56.6 Å². The number of H-pyrrole nitrogens is 1. The van der Waals surface area contributed by atoms with Gasteiger partial charge in [0.15, 0.2) is 0 Å². The van der Waals surface area contributed by atoms with Gasteiger partial charge in [-0.15, -0.1) is 0 Å². The van der Waals surface area contributed by atoms with Gasteiger partial charge < -0.3 is 4.98 Å². The van der Waals surface area contributed by atoms with E-state index >= 15 is 0 Å². The first-order valence-electron chi connectivity index (χ1n) is 9.10.